The molecular formula is C17H27FN2O. The maximum Gasteiger partial charge on any atom is 0.167 e. The molecule has 0 aliphatic carbocycles. The molecule has 1 aliphatic rings. The average molecular weight is 294 g/mol. The third-order valence-corrected chi connectivity index (χ3v) is 4.45. The molecule has 0 saturated carbocycles. The molecule has 0 bridgehead atoms. The largest absolute Gasteiger partial charge is 0.490 e. The van der Waals surface area contributed by atoms with E-state index in [9.17, 15) is 4.39 Å². The van der Waals surface area contributed by atoms with Gasteiger partial charge in [-0.15, -0.1) is 0 Å². The summed E-state index contributed by atoms with van der Waals surface area (Å²) in [6, 6.07) is 3.55. The molecular weight excluding hydrogens is 267 g/mol. The van der Waals surface area contributed by atoms with Gasteiger partial charge in [0.2, 0.25) is 0 Å². The Balaban J connectivity index is 2.33. The standard InChI is InChI=1S/C17H27FN2O/c1-5-6-21-17-9-16(15(19)8-14(17)18)20-10-11(2)7-12(3)13(20)4/h8-9,11-13H,5-7,10,19H2,1-4H3. The van der Waals surface area contributed by atoms with Crippen LogP contribution in [0.4, 0.5) is 15.8 Å². The summed E-state index contributed by atoms with van der Waals surface area (Å²) in [6.07, 6.45) is 2.07. The van der Waals surface area contributed by atoms with Crippen LogP contribution in [0.1, 0.15) is 40.5 Å². The number of anilines is 2. The lowest BCUT2D eigenvalue weighted by molar-refractivity contribution is 0.293. The Kier molecular flexibility index (Phi) is 4.96. The van der Waals surface area contributed by atoms with Gasteiger partial charge in [-0.05, 0) is 31.6 Å². The maximum atomic E-state index is 13.9. The molecule has 118 valence electrons. The van der Waals surface area contributed by atoms with E-state index in [4.69, 9.17) is 10.5 Å². The predicted molar refractivity (Wildman–Crippen MR) is 86.4 cm³/mol. The van der Waals surface area contributed by atoms with Gasteiger partial charge in [0, 0.05) is 24.7 Å². The first-order valence-electron chi connectivity index (χ1n) is 7.92. The number of piperidine rings is 1. The minimum Gasteiger partial charge on any atom is -0.490 e. The summed E-state index contributed by atoms with van der Waals surface area (Å²) in [5.41, 5.74) is 7.45. The predicted octanol–water partition coefficient (Wildman–Crippen LogP) is 4.07. The van der Waals surface area contributed by atoms with Gasteiger partial charge in [0.15, 0.2) is 11.6 Å². The Hall–Kier alpha value is -1.45. The molecule has 2 rings (SSSR count). The Morgan fingerprint density at radius 2 is 2.05 bits per heavy atom. The van der Waals surface area contributed by atoms with E-state index in [1.54, 1.807) is 6.07 Å². The number of nitrogens with two attached hydrogens (primary N) is 1. The minimum absolute atomic E-state index is 0.305. The number of rotatable bonds is 4. The van der Waals surface area contributed by atoms with E-state index in [0.29, 0.717) is 35.9 Å². The van der Waals surface area contributed by atoms with Crippen LogP contribution in [0, 0.1) is 17.7 Å². The molecule has 1 fully saturated rings. The lowest BCUT2D eigenvalue weighted by Crippen LogP contribution is -2.46. The number of ether oxygens (including phenoxy) is 1. The highest BCUT2D eigenvalue weighted by molar-refractivity contribution is 5.70. The first-order valence-corrected chi connectivity index (χ1v) is 7.92. The van der Waals surface area contributed by atoms with Crippen LogP contribution in [-0.4, -0.2) is 19.2 Å². The van der Waals surface area contributed by atoms with Crippen LogP contribution in [-0.2, 0) is 0 Å². The number of hydrogen-bond donors (Lipinski definition) is 1. The Morgan fingerprint density at radius 3 is 2.71 bits per heavy atom. The maximum absolute atomic E-state index is 13.9. The van der Waals surface area contributed by atoms with E-state index in [0.717, 1.165) is 18.7 Å². The van der Waals surface area contributed by atoms with Gasteiger partial charge in [-0.25, -0.2) is 4.39 Å². The van der Waals surface area contributed by atoms with Crippen molar-refractivity contribution in [2.45, 2.75) is 46.6 Å². The molecule has 1 aliphatic heterocycles. The number of hydrogen-bond acceptors (Lipinski definition) is 3. The molecule has 1 aromatic rings. The van der Waals surface area contributed by atoms with E-state index >= 15 is 0 Å². The van der Waals surface area contributed by atoms with Gasteiger partial charge in [0.25, 0.3) is 0 Å². The molecule has 0 spiro atoms. The van der Waals surface area contributed by atoms with Crippen molar-refractivity contribution in [1.29, 1.82) is 0 Å². The van der Waals surface area contributed by atoms with Crippen LogP contribution < -0.4 is 15.4 Å². The highest BCUT2D eigenvalue weighted by atomic mass is 19.1. The lowest BCUT2D eigenvalue weighted by Gasteiger charge is -2.43. The van der Waals surface area contributed by atoms with Gasteiger partial charge in [0.05, 0.1) is 18.0 Å². The molecule has 1 heterocycles. The van der Waals surface area contributed by atoms with Crippen LogP contribution in [0.3, 0.4) is 0 Å². The van der Waals surface area contributed by atoms with Crippen molar-refractivity contribution < 1.29 is 9.13 Å². The molecule has 0 aromatic heterocycles. The molecule has 1 saturated heterocycles. The third-order valence-electron chi connectivity index (χ3n) is 4.45. The molecule has 4 heteroatoms. The van der Waals surface area contributed by atoms with Gasteiger partial charge in [-0.1, -0.05) is 20.8 Å². The highest BCUT2D eigenvalue weighted by Gasteiger charge is 2.30. The highest BCUT2D eigenvalue weighted by Crippen LogP contribution is 2.37. The molecule has 3 nitrogen and oxygen atoms in total. The molecule has 21 heavy (non-hydrogen) atoms. The zero-order valence-corrected chi connectivity index (χ0v) is 13.5. The Labute approximate surface area is 127 Å². The lowest BCUT2D eigenvalue weighted by atomic mass is 9.85. The van der Waals surface area contributed by atoms with Gasteiger partial charge < -0.3 is 15.4 Å². The number of halogens is 1. The number of benzene rings is 1. The zero-order chi connectivity index (χ0) is 15.6. The normalized spacial score (nSPS) is 26.0. The van der Waals surface area contributed by atoms with Crippen molar-refractivity contribution in [3.05, 3.63) is 17.9 Å². The molecule has 0 radical (unpaired) electrons. The zero-order valence-electron chi connectivity index (χ0n) is 13.5. The Morgan fingerprint density at radius 1 is 1.33 bits per heavy atom. The summed E-state index contributed by atoms with van der Waals surface area (Å²) in [6.45, 7) is 10.2. The topological polar surface area (TPSA) is 38.5 Å². The second-order valence-corrected chi connectivity index (χ2v) is 6.40. The van der Waals surface area contributed by atoms with E-state index < -0.39 is 0 Å². The summed E-state index contributed by atoms with van der Waals surface area (Å²) in [7, 11) is 0. The first-order chi connectivity index (χ1) is 9.93. The quantitative estimate of drug-likeness (QED) is 0.851. The molecule has 3 atom stereocenters. The van der Waals surface area contributed by atoms with Crippen LogP contribution in [0.25, 0.3) is 0 Å². The van der Waals surface area contributed by atoms with Crippen molar-refractivity contribution >= 4 is 11.4 Å². The third kappa shape index (κ3) is 3.42. The Bertz CT molecular complexity index is 492. The number of nitrogen functional groups attached to an aromatic ring is 1. The SMILES string of the molecule is CCCOc1cc(N2CC(C)CC(C)C2C)c(N)cc1F. The van der Waals surface area contributed by atoms with Gasteiger partial charge in [0.1, 0.15) is 0 Å². The summed E-state index contributed by atoms with van der Waals surface area (Å²) in [5.74, 6) is 1.13. The van der Waals surface area contributed by atoms with E-state index in [1.165, 1.54) is 12.5 Å². The van der Waals surface area contributed by atoms with Gasteiger partial charge >= 0.3 is 0 Å². The van der Waals surface area contributed by atoms with Crippen molar-refractivity contribution in [2.24, 2.45) is 11.8 Å². The molecule has 1 aromatic carbocycles. The van der Waals surface area contributed by atoms with E-state index in [1.807, 2.05) is 6.92 Å². The first kappa shape index (κ1) is 15.9. The van der Waals surface area contributed by atoms with Crippen molar-refractivity contribution in [3.8, 4) is 5.75 Å². The fraction of sp³-hybridized carbons (Fsp3) is 0.647. The second kappa shape index (κ2) is 6.54. The van der Waals surface area contributed by atoms with Crippen molar-refractivity contribution in [1.82, 2.24) is 0 Å². The molecule has 2 N–H and O–H groups in total. The molecule has 3 unspecified atom stereocenters. The smallest absolute Gasteiger partial charge is 0.167 e. The van der Waals surface area contributed by atoms with E-state index in [2.05, 4.69) is 25.7 Å². The summed E-state index contributed by atoms with van der Waals surface area (Å²) < 4.78 is 19.5. The summed E-state index contributed by atoms with van der Waals surface area (Å²) in [5, 5.41) is 0. The molecule has 0 amide bonds. The summed E-state index contributed by atoms with van der Waals surface area (Å²) >= 11 is 0. The average Bonchev–Trinajstić information content (AvgIpc) is 2.42. The fourth-order valence-corrected chi connectivity index (χ4v) is 3.16. The number of nitrogens with zero attached hydrogens (tertiary/aromatic N) is 1. The van der Waals surface area contributed by atoms with Crippen molar-refractivity contribution in [3.63, 3.8) is 0 Å². The van der Waals surface area contributed by atoms with Crippen LogP contribution in [0.15, 0.2) is 12.1 Å². The van der Waals surface area contributed by atoms with Crippen LogP contribution >= 0.6 is 0 Å². The van der Waals surface area contributed by atoms with Gasteiger partial charge in [-0.2, -0.15) is 0 Å². The second-order valence-electron chi connectivity index (χ2n) is 6.40. The fourth-order valence-electron chi connectivity index (χ4n) is 3.16. The minimum atomic E-state index is -0.379. The monoisotopic (exact) mass is 294 g/mol. The van der Waals surface area contributed by atoms with Crippen molar-refractivity contribution in [2.75, 3.05) is 23.8 Å². The summed E-state index contributed by atoms with van der Waals surface area (Å²) in [4.78, 5) is 2.30. The van der Waals surface area contributed by atoms with E-state index in [-0.39, 0.29) is 5.82 Å². The van der Waals surface area contributed by atoms with Crippen LogP contribution in [0.5, 0.6) is 5.75 Å². The van der Waals surface area contributed by atoms with Crippen LogP contribution in [0.2, 0.25) is 0 Å². The van der Waals surface area contributed by atoms with Gasteiger partial charge in [-0.3, -0.25) is 0 Å².